The lowest BCUT2D eigenvalue weighted by molar-refractivity contribution is -0.124. The maximum absolute atomic E-state index is 12.8. The van der Waals surface area contributed by atoms with Crippen LogP contribution in [0.25, 0.3) is 0 Å². The van der Waals surface area contributed by atoms with Gasteiger partial charge in [0.1, 0.15) is 6.04 Å². The minimum Gasteiger partial charge on any atom is -0.327 e. The molecular formula is C18H19Cl2N5O2. The Bertz CT molecular complexity index is 850. The second kappa shape index (κ2) is 8.10. The summed E-state index contributed by atoms with van der Waals surface area (Å²) in [5, 5.41) is 0.749. The van der Waals surface area contributed by atoms with Crippen LogP contribution in [0.1, 0.15) is 34.6 Å². The molecule has 0 aliphatic carbocycles. The molecular weight excluding hydrogens is 389 g/mol. The molecule has 2 N–H and O–H groups in total. The van der Waals surface area contributed by atoms with Crippen molar-refractivity contribution in [2.45, 2.75) is 32.7 Å². The monoisotopic (exact) mass is 407 g/mol. The molecule has 0 saturated carbocycles. The van der Waals surface area contributed by atoms with Crippen molar-refractivity contribution >= 4 is 41.0 Å². The largest absolute Gasteiger partial charge is 0.327 e. The molecule has 1 atom stereocenters. The molecule has 142 valence electrons. The maximum atomic E-state index is 12.8. The number of halogens is 2. The molecule has 7 nitrogen and oxygen atoms in total. The number of nitrogens with zero attached hydrogens (tertiary/aromatic N) is 3. The molecule has 2 aromatic rings. The summed E-state index contributed by atoms with van der Waals surface area (Å²) in [7, 11) is 0. The Morgan fingerprint density at radius 2 is 1.70 bits per heavy atom. The summed E-state index contributed by atoms with van der Waals surface area (Å²) >= 11 is 12.0. The molecule has 1 aromatic carbocycles. The van der Waals surface area contributed by atoms with E-state index >= 15 is 0 Å². The molecule has 1 fully saturated rings. The van der Waals surface area contributed by atoms with Crippen molar-refractivity contribution in [3.8, 4) is 0 Å². The number of likely N-dealkylation sites (tertiary alicyclic amines) is 1. The quantitative estimate of drug-likeness (QED) is 0.759. The van der Waals surface area contributed by atoms with Gasteiger partial charge in [0, 0.05) is 33.5 Å². The van der Waals surface area contributed by atoms with Crippen LogP contribution in [-0.4, -0.2) is 39.3 Å². The molecule has 0 bridgehead atoms. The summed E-state index contributed by atoms with van der Waals surface area (Å²) in [4.78, 5) is 35.3. The third kappa shape index (κ3) is 4.67. The number of rotatable bonds is 4. The molecule has 0 radical (unpaired) electrons. The van der Waals surface area contributed by atoms with Crippen LogP contribution < -0.4 is 10.9 Å². The van der Waals surface area contributed by atoms with E-state index in [1.54, 1.807) is 18.2 Å². The number of hydrazine groups is 1. The van der Waals surface area contributed by atoms with Gasteiger partial charge in [0.2, 0.25) is 5.95 Å². The van der Waals surface area contributed by atoms with E-state index in [0.29, 0.717) is 34.5 Å². The summed E-state index contributed by atoms with van der Waals surface area (Å²) < 4.78 is 0. The fraction of sp³-hybridized carbons (Fsp3) is 0.333. The Morgan fingerprint density at radius 3 is 2.33 bits per heavy atom. The molecule has 0 unspecified atom stereocenters. The van der Waals surface area contributed by atoms with E-state index in [4.69, 9.17) is 23.2 Å². The predicted molar refractivity (Wildman–Crippen MR) is 104 cm³/mol. The normalized spacial score (nSPS) is 16.3. The lowest BCUT2D eigenvalue weighted by Crippen LogP contribution is -2.47. The zero-order chi connectivity index (χ0) is 19.6. The molecule has 2 amide bonds. The van der Waals surface area contributed by atoms with Crippen molar-refractivity contribution in [3.63, 3.8) is 0 Å². The summed E-state index contributed by atoms with van der Waals surface area (Å²) in [6.07, 6.45) is 1.30. The van der Waals surface area contributed by atoms with E-state index in [2.05, 4.69) is 20.8 Å². The minimum absolute atomic E-state index is 0.278. The number of nitrogens with one attached hydrogen (secondary N) is 2. The van der Waals surface area contributed by atoms with Gasteiger partial charge in [0.25, 0.3) is 11.8 Å². The van der Waals surface area contributed by atoms with Crippen LogP contribution in [0.3, 0.4) is 0 Å². The maximum Gasteiger partial charge on any atom is 0.261 e. The van der Waals surface area contributed by atoms with Gasteiger partial charge in [-0.3, -0.25) is 20.4 Å². The molecule has 1 aliphatic rings. The average Bonchev–Trinajstić information content (AvgIpc) is 3.07. The van der Waals surface area contributed by atoms with Crippen LogP contribution in [0.4, 0.5) is 5.95 Å². The zero-order valence-corrected chi connectivity index (χ0v) is 16.4. The molecule has 2 heterocycles. The standard InChI is InChI=1S/C18H19Cl2N5O2/c1-10-6-11(2)22-18(21-10)24-23-16(26)15-4-3-5-25(15)17(27)12-7-13(19)9-14(20)8-12/h6-9,15H,3-5H2,1-2H3,(H,23,26)(H,21,22,24)/t15-/m1/s1. The van der Waals surface area contributed by atoms with E-state index in [9.17, 15) is 9.59 Å². The van der Waals surface area contributed by atoms with Gasteiger partial charge >= 0.3 is 0 Å². The second-order valence-electron chi connectivity index (χ2n) is 6.40. The SMILES string of the molecule is Cc1cc(C)nc(NNC(=O)[C@H]2CCCN2C(=O)c2cc(Cl)cc(Cl)c2)n1. The van der Waals surface area contributed by atoms with Crippen LogP contribution in [0.5, 0.6) is 0 Å². The first kappa shape index (κ1) is 19.4. The van der Waals surface area contributed by atoms with E-state index in [1.165, 1.54) is 4.90 Å². The number of anilines is 1. The van der Waals surface area contributed by atoms with Crippen molar-refractivity contribution < 1.29 is 9.59 Å². The molecule has 1 aliphatic heterocycles. The van der Waals surface area contributed by atoms with Gasteiger partial charge in [-0.25, -0.2) is 9.97 Å². The molecule has 0 spiro atoms. The van der Waals surface area contributed by atoms with Crippen molar-refractivity contribution in [1.82, 2.24) is 20.3 Å². The van der Waals surface area contributed by atoms with E-state index in [1.807, 2.05) is 19.9 Å². The highest BCUT2D eigenvalue weighted by molar-refractivity contribution is 6.35. The molecule has 1 aromatic heterocycles. The Labute approximate surface area is 167 Å². The number of carbonyl (C=O) groups is 2. The van der Waals surface area contributed by atoms with Crippen molar-refractivity contribution in [2.75, 3.05) is 12.0 Å². The number of amides is 2. The van der Waals surface area contributed by atoms with Crippen LogP contribution in [0, 0.1) is 13.8 Å². The molecule has 27 heavy (non-hydrogen) atoms. The summed E-state index contributed by atoms with van der Waals surface area (Å²) in [5.74, 6) is -0.296. The number of carbonyl (C=O) groups excluding carboxylic acids is 2. The Hall–Kier alpha value is -2.38. The summed E-state index contributed by atoms with van der Waals surface area (Å²) in [5.41, 5.74) is 7.25. The first-order valence-electron chi connectivity index (χ1n) is 8.48. The van der Waals surface area contributed by atoms with Crippen LogP contribution >= 0.6 is 23.2 Å². The second-order valence-corrected chi connectivity index (χ2v) is 7.28. The number of hydrogen-bond donors (Lipinski definition) is 2. The minimum atomic E-state index is -0.589. The highest BCUT2D eigenvalue weighted by Gasteiger charge is 2.34. The number of aromatic nitrogens is 2. The number of aryl methyl sites for hydroxylation is 2. The highest BCUT2D eigenvalue weighted by atomic mass is 35.5. The predicted octanol–water partition coefficient (Wildman–Crippen LogP) is 3.15. The topological polar surface area (TPSA) is 87.2 Å². The third-order valence-electron chi connectivity index (χ3n) is 4.21. The first-order valence-corrected chi connectivity index (χ1v) is 9.24. The molecule has 3 rings (SSSR count). The van der Waals surface area contributed by atoms with Crippen LogP contribution in [0.2, 0.25) is 10.0 Å². The lowest BCUT2D eigenvalue weighted by atomic mass is 10.1. The zero-order valence-electron chi connectivity index (χ0n) is 14.9. The van der Waals surface area contributed by atoms with Gasteiger partial charge in [0.05, 0.1) is 0 Å². The van der Waals surface area contributed by atoms with Gasteiger partial charge in [-0.1, -0.05) is 23.2 Å². The highest BCUT2D eigenvalue weighted by Crippen LogP contribution is 2.24. The fourth-order valence-electron chi connectivity index (χ4n) is 3.11. The number of hydrogen-bond acceptors (Lipinski definition) is 5. The average molecular weight is 408 g/mol. The molecule has 9 heteroatoms. The van der Waals surface area contributed by atoms with Crippen LogP contribution in [-0.2, 0) is 4.79 Å². The van der Waals surface area contributed by atoms with Crippen molar-refractivity contribution in [2.24, 2.45) is 0 Å². The summed E-state index contributed by atoms with van der Waals surface area (Å²) in [6.45, 7) is 4.17. The number of benzene rings is 1. The summed E-state index contributed by atoms with van der Waals surface area (Å²) in [6, 6.07) is 5.89. The Kier molecular flexibility index (Phi) is 5.82. The van der Waals surface area contributed by atoms with Crippen molar-refractivity contribution in [1.29, 1.82) is 0 Å². The van der Waals surface area contributed by atoms with Gasteiger partial charge < -0.3 is 4.90 Å². The van der Waals surface area contributed by atoms with Gasteiger partial charge in [-0.2, -0.15) is 0 Å². The Morgan fingerprint density at radius 1 is 1.07 bits per heavy atom. The van der Waals surface area contributed by atoms with E-state index < -0.39 is 6.04 Å². The molecule has 1 saturated heterocycles. The van der Waals surface area contributed by atoms with Gasteiger partial charge in [0.15, 0.2) is 0 Å². The first-order chi connectivity index (χ1) is 12.8. The van der Waals surface area contributed by atoms with Gasteiger partial charge in [-0.05, 0) is 51.0 Å². The van der Waals surface area contributed by atoms with E-state index in [0.717, 1.165) is 17.8 Å². The third-order valence-corrected chi connectivity index (χ3v) is 4.64. The van der Waals surface area contributed by atoms with Gasteiger partial charge in [-0.15, -0.1) is 0 Å². The smallest absolute Gasteiger partial charge is 0.261 e. The van der Waals surface area contributed by atoms with E-state index in [-0.39, 0.29) is 11.8 Å². The fourth-order valence-corrected chi connectivity index (χ4v) is 3.63. The lowest BCUT2D eigenvalue weighted by Gasteiger charge is -2.24. The van der Waals surface area contributed by atoms with Crippen molar-refractivity contribution in [3.05, 3.63) is 51.3 Å². The Balaban J connectivity index is 1.69. The van der Waals surface area contributed by atoms with Crippen LogP contribution in [0.15, 0.2) is 24.3 Å².